The number of aryl methyl sites for hydroxylation is 1. The number of carbonyl (C=O) groups is 1. The summed E-state index contributed by atoms with van der Waals surface area (Å²) >= 11 is 2.12. The zero-order chi connectivity index (χ0) is 16.4. The molecule has 0 aliphatic carbocycles. The van der Waals surface area contributed by atoms with Crippen LogP contribution in [0.5, 0.6) is 5.75 Å². The van der Waals surface area contributed by atoms with Crippen LogP contribution in [0.3, 0.4) is 0 Å². The molecule has 0 aliphatic rings. The normalized spacial score (nSPS) is 10.7. The molecule has 0 saturated carbocycles. The van der Waals surface area contributed by atoms with Crippen molar-refractivity contribution in [3.63, 3.8) is 0 Å². The molecule has 0 bridgehead atoms. The van der Waals surface area contributed by atoms with Crippen molar-refractivity contribution >= 4 is 39.5 Å². The summed E-state index contributed by atoms with van der Waals surface area (Å²) in [6.07, 6.45) is 0.858. The molecule has 4 nitrogen and oxygen atoms in total. The van der Waals surface area contributed by atoms with Gasteiger partial charge in [-0.15, -0.1) is 0 Å². The number of fused-ring (bicyclic) bond motifs is 1. The van der Waals surface area contributed by atoms with Gasteiger partial charge in [-0.05, 0) is 71.0 Å². The molecular formula is C18H13IO4. The number of halogens is 1. The predicted octanol–water partition coefficient (Wildman–Crippen LogP) is 4.18. The molecule has 0 radical (unpaired) electrons. The quantitative estimate of drug-likeness (QED) is 0.276. The minimum Gasteiger partial charge on any atom is -0.423 e. The molecule has 2 aromatic carbocycles. The fraction of sp³-hybridized carbons (Fsp3) is 0.111. The fourth-order valence-electron chi connectivity index (χ4n) is 2.23. The van der Waals surface area contributed by atoms with Crippen LogP contribution in [-0.4, -0.2) is 5.97 Å². The lowest BCUT2D eigenvalue weighted by Gasteiger charge is -2.05. The number of esters is 1. The van der Waals surface area contributed by atoms with Crippen molar-refractivity contribution in [1.82, 2.24) is 0 Å². The van der Waals surface area contributed by atoms with Crippen molar-refractivity contribution in [2.45, 2.75) is 13.3 Å². The summed E-state index contributed by atoms with van der Waals surface area (Å²) in [5.41, 5.74) is 0.753. The molecule has 0 saturated heterocycles. The Morgan fingerprint density at radius 2 is 2.00 bits per heavy atom. The van der Waals surface area contributed by atoms with Crippen molar-refractivity contribution in [1.29, 1.82) is 0 Å². The topological polar surface area (TPSA) is 56.5 Å². The summed E-state index contributed by atoms with van der Waals surface area (Å²) < 4.78 is 11.4. The first kappa shape index (κ1) is 15.7. The lowest BCUT2D eigenvalue weighted by atomic mass is 10.1. The van der Waals surface area contributed by atoms with Gasteiger partial charge in [-0.3, -0.25) is 0 Å². The van der Waals surface area contributed by atoms with Crippen molar-refractivity contribution < 1.29 is 13.9 Å². The van der Waals surface area contributed by atoms with Crippen LogP contribution < -0.4 is 10.4 Å². The maximum atomic E-state index is 12.3. The molecule has 0 atom stereocenters. The van der Waals surface area contributed by atoms with E-state index in [0.29, 0.717) is 16.7 Å². The molecule has 5 heteroatoms. The third kappa shape index (κ3) is 3.44. The van der Waals surface area contributed by atoms with E-state index in [9.17, 15) is 9.59 Å². The van der Waals surface area contributed by atoms with Gasteiger partial charge in [0, 0.05) is 8.96 Å². The molecule has 23 heavy (non-hydrogen) atoms. The van der Waals surface area contributed by atoms with E-state index in [1.807, 2.05) is 25.1 Å². The van der Waals surface area contributed by atoms with Gasteiger partial charge in [0.25, 0.3) is 0 Å². The Hall–Kier alpha value is -2.15. The van der Waals surface area contributed by atoms with E-state index in [1.165, 1.54) is 6.07 Å². The number of hydrogen-bond acceptors (Lipinski definition) is 4. The van der Waals surface area contributed by atoms with Crippen molar-refractivity contribution in [2.75, 3.05) is 0 Å². The highest BCUT2D eigenvalue weighted by Gasteiger charge is 2.16. The van der Waals surface area contributed by atoms with Crippen molar-refractivity contribution in [2.24, 2.45) is 0 Å². The van der Waals surface area contributed by atoms with Crippen molar-refractivity contribution in [3.8, 4) is 5.75 Å². The average Bonchev–Trinajstić information content (AvgIpc) is 2.53. The molecule has 3 rings (SSSR count). The lowest BCUT2D eigenvalue weighted by molar-refractivity contribution is 0.0730. The Balaban J connectivity index is 1.99. The first-order valence-electron chi connectivity index (χ1n) is 7.11. The van der Waals surface area contributed by atoms with Gasteiger partial charge in [-0.25, -0.2) is 9.59 Å². The molecule has 0 aliphatic heterocycles. The Morgan fingerprint density at radius 3 is 2.74 bits per heavy atom. The highest BCUT2D eigenvalue weighted by atomic mass is 127. The second kappa shape index (κ2) is 6.54. The smallest absolute Gasteiger partial charge is 0.351 e. The van der Waals surface area contributed by atoms with Gasteiger partial charge in [-0.1, -0.05) is 19.1 Å². The van der Waals surface area contributed by atoms with Gasteiger partial charge in [0.05, 0.1) is 0 Å². The van der Waals surface area contributed by atoms with Gasteiger partial charge in [0.2, 0.25) is 0 Å². The van der Waals surface area contributed by atoms with Crippen LogP contribution in [0, 0.1) is 3.57 Å². The van der Waals surface area contributed by atoms with Gasteiger partial charge >= 0.3 is 11.6 Å². The average molecular weight is 420 g/mol. The third-order valence-electron chi connectivity index (χ3n) is 3.43. The van der Waals surface area contributed by atoms with Crippen LogP contribution in [0.1, 0.15) is 22.8 Å². The maximum Gasteiger partial charge on any atom is 0.351 e. The Morgan fingerprint density at radius 1 is 1.17 bits per heavy atom. The van der Waals surface area contributed by atoms with E-state index in [-0.39, 0.29) is 5.56 Å². The van der Waals surface area contributed by atoms with E-state index < -0.39 is 11.6 Å². The number of carbonyl (C=O) groups excluding carboxylic acids is 1. The van der Waals surface area contributed by atoms with Gasteiger partial charge in [0.1, 0.15) is 16.9 Å². The summed E-state index contributed by atoms with van der Waals surface area (Å²) in [5.74, 6) is -0.326. The molecule has 1 aromatic heterocycles. The summed E-state index contributed by atoms with van der Waals surface area (Å²) in [5, 5.41) is 0.707. The van der Waals surface area contributed by atoms with Crippen LogP contribution in [0.25, 0.3) is 11.0 Å². The highest BCUT2D eigenvalue weighted by Crippen LogP contribution is 2.19. The van der Waals surface area contributed by atoms with Crippen LogP contribution in [0.4, 0.5) is 0 Å². The van der Waals surface area contributed by atoms with Gasteiger partial charge in [0.15, 0.2) is 0 Å². The number of rotatable bonds is 3. The van der Waals surface area contributed by atoms with Crippen LogP contribution in [0.15, 0.2) is 57.7 Å². The molecule has 0 amide bonds. The maximum absolute atomic E-state index is 12.3. The zero-order valence-electron chi connectivity index (χ0n) is 12.3. The van der Waals surface area contributed by atoms with E-state index in [1.54, 1.807) is 24.3 Å². The summed E-state index contributed by atoms with van der Waals surface area (Å²) in [6.45, 7) is 2.03. The minimum atomic E-state index is -0.718. The predicted molar refractivity (Wildman–Crippen MR) is 96.0 cm³/mol. The minimum absolute atomic E-state index is 0.107. The lowest BCUT2D eigenvalue weighted by Crippen LogP contribution is -2.18. The molecule has 1 heterocycles. The molecule has 0 spiro atoms. The molecule has 0 unspecified atom stereocenters. The Kier molecular flexibility index (Phi) is 4.47. The first-order chi connectivity index (χ1) is 11.1. The van der Waals surface area contributed by atoms with Gasteiger partial charge in [-0.2, -0.15) is 0 Å². The summed E-state index contributed by atoms with van der Waals surface area (Å²) in [6, 6.07) is 14.1. The largest absolute Gasteiger partial charge is 0.423 e. The number of hydrogen-bond donors (Lipinski definition) is 0. The third-order valence-corrected chi connectivity index (χ3v) is 4.10. The van der Waals surface area contributed by atoms with E-state index in [2.05, 4.69) is 22.6 Å². The monoisotopic (exact) mass is 420 g/mol. The zero-order valence-corrected chi connectivity index (χ0v) is 14.5. The molecular weight excluding hydrogens is 407 g/mol. The second-order valence-corrected chi connectivity index (χ2v) is 6.27. The standard InChI is InChI=1S/C18H13IO4/c1-2-11-6-7-16-12(8-11)9-15(18(21)23-16)17(20)22-14-5-3-4-13(19)10-14/h3-10H,2H2,1H3. The Labute approximate surface area is 146 Å². The van der Waals surface area contributed by atoms with Crippen molar-refractivity contribution in [3.05, 3.63) is 73.6 Å². The molecule has 0 N–H and O–H groups in total. The van der Waals surface area contributed by atoms with E-state index in [0.717, 1.165) is 15.6 Å². The SMILES string of the molecule is CCc1ccc2oc(=O)c(C(=O)Oc3cccc(I)c3)cc2c1. The summed E-state index contributed by atoms with van der Waals surface area (Å²) in [4.78, 5) is 24.3. The summed E-state index contributed by atoms with van der Waals surface area (Å²) in [7, 11) is 0. The van der Waals surface area contributed by atoms with Crippen LogP contribution in [0.2, 0.25) is 0 Å². The number of ether oxygens (including phenoxy) is 1. The Bertz CT molecular complexity index is 943. The molecule has 3 aromatic rings. The highest BCUT2D eigenvalue weighted by molar-refractivity contribution is 14.1. The van der Waals surface area contributed by atoms with E-state index >= 15 is 0 Å². The van der Waals surface area contributed by atoms with Crippen LogP contribution >= 0.6 is 22.6 Å². The van der Waals surface area contributed by atoms with Gasteiger partial charge < -0.3 is 9.15 Å². The van der Waals surface area contributed by atoms with Crippen LogP contribution in [-0.2, 0) is 6.42 Å². The van der Waals surface area contributed by atoms with E-state index in [4.69, 9.17) is 9.15 Å². The first-order valence-corrected chi connectivity index (χ1v) is 8.19. The second-order valence-electron chi connectivity index (χ2n) is 5.02. The molecule has 116 valence electrons. The fourth-order valence-corrected chi connectivity index (χ4v) is 2.74. The molecule has 0 fully saturated rings. The number of benzene rings is 2.